The van der Waals surface area contributed by atoms with E-state index in [0.717, 1.165) is 40.8 Å². The molecule has 134 valence electrons. The van der Waals surface area contributed by atoms with E-state index in [0.29, 0.717) is 6.54 Å². The molecule has 26 heavy (non-hydrogen) atoms. The number of hydrogen-bond donors (Lipinski definition) is 2. The number of nitrogens with one attached hydrogen (secondary N) is 2. The summed E-state index contributed by atoms with van der Waals surface area (Å²) in [6.07, 6.45) is 0.802. The van der Waals surface area contributed by atoms with Gasteiger partial charge < -0.3 is 10.6 Å². The first-order valence-electron chi connectivity index (χ1n) is 8.43. The maximum atomic E-state index is 12.9. The molecule has 0 fully saturated rings. The predicted molar refractivity (Wildman–Crippen MR) is 106 cm³/mol. The van der Waals surface area contributed by atoms with Crippen molar-refractivity contribution >= 4 is 17.3 Å². The van der Waals surface area contributed by atoms with Crippen molar-refractivity contribution in [3.8, 4) is 11.3 Å². The molecule has 0 saturated carbocycles. The van der Waals surface area contributed by atoms with Gasteiger partial charge in [0.2, 0.25) is 0 Å². The summed E-state index contributed by atoms with van der Waals surface area (Å²) >= 11 is 1.63. The molecule has 3 rings (SSSR count). The molecule has 3 aromatic rings. The van der Waals surface area contributed by atoms with Crippen molar-refractivity contribution in [1.82, 2.24) is 15.6 Å². The van der Waals surface area contributed by atoms with Gasteiger partial charge in [0.05, 0.1) is 12.2 Å². The molecule has 0 aliphatic carbocycles. The monoisotopic (exact) mass is 368 g/mol. The molecule has 1 aromatic heterocycles. The number of aromatic nitrogens is 1. The van der Waals surface area contributed by atoms with Gasteiger partial charge in [0.15, 0.2) is 5.96 Å². The maximum absolute atomic E-state index is 12.9. The van der Waals surface area contributed by atoms with Gasteiger partial charge in [0.1, 0.15) is 10.8 Å². The minimum atomic E-state index is -0.211. The summed E-state index contributed by atoms with van der Waals surface area (Å²) in [6, 6.07) is 16.7. The zero-order chi connectivity index (χ0) is 18.2. The van der Waals surface area contributed by atoms with Gasteiger partial charge in [-0.25, -0.2) is 9.37 Å². The molecule has 0 amide bonds. The van der Waals surface area contributed by atoms with E-state index in [2.05, 4.69) is 38.1 Å². The molecular weight excluding hydrogens is 347 g/mol. The summed E-state index contributed by atoms with van der Waals surface area (Å²) < 4.78 is 12.9. The molecule has 0 aliphatic rings. The van der Waals surface area contributed by atoms with Crippen molar-refractivity contribution in [2.45, 2.75) is 13.0 Å². The van der Waals surface area contributed by atoms with Gasteiger partial charge in [0, 0.05) is 24.5 Å². The largest absolute Gasteiger partial charge is 0.356 e. The first-order chi connectivity index (χ1) is 12.7. The van der Waals surface area contributed by atoms with Gasteiger partial charge in [-0.3, -0.25) is 4.99 Å². The molecule has 1 heterocycles. The molecule has 4 nitrogen and oxygen atoms in total. The summed E-state index contributed by atoms with van der Waals surface area (Å²) in [5.41, 5.74) is 3.20. The van der Waals surface area contributed by atoms with Crippen LogP contribution in [0.5, 0.6) is 0 Å². The lowest BCUT2D eigenvalue weighted by molar-refractivity contribution is 0.626. The van der Waals surface area contributed by atoms with E-state index in [9.17, 15) is 4.39 Å². The molecular formula is C20H21FN4S. The molecule has 0 saturated heterocycles. The molecule has 0 atom stereocenters. The summed E-state index contributed by atoms with van der Waals surface area (Å²) in [6.45, 7) is 1.34. The quantitative estimate of drug-likeness (QED) is 0.513. The van der Waals surface area contributed by atoms with Crippen LogP contribution in [0.4, 0.5) is 4.39 Å². The van der Waals surface area contributed by atoms with E-state index >= 15 is 0 Å². The van der Waals surface area contributed by atoms with Crippen molar-refractivity contribution < 1.29 is 4.39 Å². The van der Waals surface area contributed by atoms with Crippen molar-refractivity contribution in [3.63, 3.8) is 0 Å². The van der Waals surface area contributed by atoms with Crippen LogP contribution in [0, 0.1) is 5.82 Å². The lowest BCUT2D eigenvalue weighted by Gasteiger charge is -2.10. The Balaban J connectivity index is 1.47. The van der Waals surface area contributed by atoms with Crippen molar-refractivity contribution in [2.75, 3.05) is 13.6 Å². The van der Waals surface area contributed by atoms with Gasteiger partial charge in [0.25, 0.3) is 0 Å². The van der Waals surface area contributed by atoms with E-state index in [4.69, 9.17) is 0 Å². The minimum Gasteiger partial charge on any atom is -0.356 e. The zero-order valence-corrected chi connectivity index (χ0v) is 15.4. The topological polar surface area (TPSA) is 49.3 Å². The van der Waals surface area contributed by atoms with Crippen molar-refractivity contribution in [2.24, 2.45) is 4.99 Å². The highest BCUT2D eigenvalue weighted by Crippen LogP contribution is 2.21. The Morgan fingerprint density at radius 2 is 1.85 bits per heavy atom. The smallest absolute Gasteiger partial charge is 0.191 e. The van der Waals surface area contributed by atoms with E-state index in [1.54, 1.807) is 30.5 Å². The molecule has 0 spiro atoms. The lowest BCUT2D eigenvalue weighted by atomic mass is 10.1. The number of guanidine groups is 1. The number of hydrogen-bond acceptors (Lipinski definition) is 3. The number of aliphatic imine (C=N–C) groups is 1. The normalized spacial score (nSPS) is 11.4. The first kappa shape index (κ1) is 18.1. The summed E-state index contributed by atoms with van der Waals surface area (Å²) in [5.74, 6) is 0.515. The lowest BCUT2D eigenvalue weighted by Crippen LogP contribution is -2.37. The van der Waals surface area contributed by atoms with Crippen LogP contribution in [0.2, 0.25) is 0 Å². The van der Waals surface area contributed by atoms with Gasteiger partial charge in [-0.05, 0) is 24.1 Å². The number of halogens is 1. The molecule has 6 heteroatoms. The van der Waals surface area contributed by atoms with Crippen LogP contribution in [-0.2, 0) is 13.0 Å². The Hall–Kier alpha value is -2.73. The van der Waals surface area contributed by atoms with Gasteiger partial charge in [-0.15, -0.1) is 11.3 Å². The fraction of sp³-hybridized carbons (Fsp3) is 0.200. The number of rotatable bonds is 6. The Morgan fingerprint density at radius 3 is 2.58 bits per heavy atom. The van der Waals surface area contributed by atoms with Crippen molar-refractivity contribution in [3.05, 3.63) is 76.4 Å². The molecule has 0 unspecified atom stereocenters. The van der Waals surface area contributed by atoms with Crippen LogP contribution in [0.15, 0.2) is 65.0 Å². The number of nitrogens with zero attached hydrogens (tertiary/aromatic N) is 2. The van der Waals surface area contributed by atoms with Gasteiger partial charge in [-0.1, -0.05) is 42.5 Å². The van der Waals surface area contributed by atoms with Gasteiger partial charge in [-0.2, -0.15) is 0 Å². The number of benzene rings is 2. The predicted octanol–water partition coefficient (Wildman–Crippen LogP) is 3.86. The SMILES string of the molecule is CN=C(NCCc1ccc(F)cc1)NCc1nc(-c2ccccc2)cs1. The Kier molecular flexibility index (Phi) is 6.33. The van der Waals surface area contributed by atoms with E-state index in [-0.39, 0.29) is 5.82 Å². The minimum absolute atomic E-state index is 0.211. The number of thiazole rings is 1. The van der Waals surface area contributed by atoms with Crippen LogP contribution < -0.4 is 10.6 Å². The van der Waals surface area contributed by atoms with E-state index < -0.39 is 0 Å². The summed E-state index contributed by atoms with van der Waals surface area (Å²) in [7, 11) is 1.74. The third-order valence-corrected chi connectivity index (χ3v) is 4.72. The third kappa shape index (κ3) is 5.13. The van der Waals surface area contributed by atoms with Crippen LogP contribution in [0.25, 0.3) is 11.3 Å². The fourth-order valence-corrected chi connectivity index (χ4v) is 3.23. The van der Waals surface area contributed by atoms with Crippen LogP contribution in [0.3, 0.4) is 0 Å². The second-order valence-electron chi connectivity index (χ2n) is 5.72. The Bertz CT molecular complexity index is 844. The second-order valence-corrected chi connectivity index (χ2v) is 6.66. The summed E-state index contributed by atoms with van der Waals surface area (Å²) in [5, 5.41) is 9.61. The third-order valence-electron chi connectivity index (χ3n) is 3.87. The average Bonchev–Trinajstić information content (AvgIpc) is 3.16. The second kappa shape index (κ2) is 9.10. The average molecular weight is 368 g/mol. The Morgan fingerprint density at radius 1 is 1.08 bits per heavy atom. The van der Waals surface area contributed by atoms with Crippen LogP contribution in [-0.4, -0.2) is 24.5 Å². The highest BCUT2D eigenvalue weighted by Gasteiger charge is 2.05. The van der Waals surface area contributed by atoms with E-state index in [1.165, 1.54) is 12.1 Å². The summed E-state index contributed by atoms with van der Waals surface area (Å²) in [4.78, 5) is 8.89. The van der Waals surface area contributed by atoms with Crippen molar-refractivity contribution in [1.29, 1.82) is 0 Å². The van der Waals surface area contributed by atoms with E-state index in [1.807, 2.05) is 18.2 Å². The molecule has 2 aromatic carbocycles. The maximum Gasteiger partial charge on any atom is 0.191 e. The van der Waals surface area contributed by atoms with Gasteiger partial charge >= 0.3 is 0 Å². The van der Waals surface area contributed by atoms with Crippen LogP contribution in [0.1, 0.15) is 10.6 Å². The molecule has 0 radical (unpaired) electrons. The highest BCUT2D eigenvalue weighted by atomic mass is 32.1. The molecule has 0 aliphatic heterocycles. The first-order valence-corrected chi connectivity index (χ1v) is 9.31. The molecule has 2 N–H and O–H groups in total. The van der Waals surface area contributed by atoms with Crippen LogP contribution >= 0.6 is 11.3 Å². The fourth-order valence-electron chi connectivity index (χ4n) is 2.49. The Labute approximate surface area is 156 Å². The molecule has 0 bridgehead atoms. The standard InChI is InChI=1S/C20H21FN4S/c1-22-20(23-12-11-15-7-9-17(21)10-8-15)24-13-19-25-18(14-26-19)16-5-3-2-4-6-16/h2-10,14H,11-13H2,1H3,(H2,22,23,24). The zero-order valence-electron chi connectivity index (χ0n) is 14.6. The highest BCUT2D eigenvalue weighted by molar-refractivity contribution is 7.09.